The number of hydrogen-bond donors (Lipinski definition) is 3. The lowest BCUT2D eigenvalue weighted by molar-refractivity contribution is -0.128. The summed E-state index contributed by atoms with van der Waals surface area (Å²) in [4.78, 5) is 33.7. The van der Waals surface area contributed by atoms with Crippen molar-refractivity contribution in [2.45, 2.75) is 12.8 Å². The van der Waals surface area contributed by atoms with Crippen LogP contribution in [0.1, 0.15) is 12.0 Å². The van der Waals surface area contributed by atoms with E-state index in [-0.39, 0.29) is 29.9 Å². The molecule has 7 nitrogen and oxygen atoms in total. The van der Waals surface area contributed by atoms with Gasteiger partial charge in [-0.1, -0.05) is 12.1 Å². The molecule has 0 bridgehead atoms. The quantitative estimate of drug-likeness (QED) is 0.647. The highest BCUT2D eigenvalue weighted by Crippen LogP contribution is 2.22. The summed E-state index contributed by atoms with van der Waals surface area (Å²) in [5.74, 6) is -0.275. The number of nitrogens with one attached hydrogen (secondary N) is 2. The number of carbonyl (C=O) groups is 2. The van der Waals surface area contributed by atoms with Crippen LogP contribution in [-0.4, -0.2) is 44.9 Å². The number of fused-ring (bicyclic) bond motifs is 1. The number of carbonyl (C=O) groups excluding carboxylic acids is 2. The van der Waals surface area contributed by atoms with E-state index in [4.69, 9.17) is 0 Å². The average molecular weight is 364 g/mol. The van der Waals surface area contributed by atoms with Crippen LogP contribution in [0.5, 0.6) is 5.75 Å². The fraction of sp³-hybridized carbons (Fsp3) is 0.250. The SMILES string of the molecule is O=C(Nc1ccc2nc[nH]c2c1)[C@@H]1CC(=O)N(CCc2ccc(O)cc2)C1. The number of aromatic amines is 1. The van der Waals surface area contributed by atoms with Crippen LogP contribution in [-0.2, 0) is 16.0 Å². The highest BCUT2D eigenvalue weighted by atomic mass is 16.3. The first-order valence-electron chi connectivity index (χ1n) is 8.88. The number of nitrogens with zero attached hydrogens (tertiary/aromatic N) is 2. The number of phenols is 1. The van der Waals surface area contributed by atoms with E-state index in [0.29, 0.717) is 25.2 Å². The van der Waals surface area contributed by atoms with E-state index in [1.54, 1.807) is 29.4 Å². The number of likely N-dealkylation sites (tertiary alicyclic amines) is 1. The number of hydrogen-bond acceptors (Lipinski definition) is 4. The summed E-state index contributed by atoms with van der Waals surface area (Å²) in [7, 11) is 0. The van der Waals surface area contributed by atoms with Gasteiger partial charge in [0.25, 0.3) is 0 Å². The van der Waals surface area contributed by atoms with Gasteiger partial charge >= 0.3 is 0 Å². The lowest BCUT2D eigenvalue weighted by atomic mass is 10.1. The molecule has 2 aromatic carbocycles. The molecule has 0 spiro atoms. The van der Waals surface area contributed by atoms with Crippen molar-refractivity contribution in [3.63, 3.8) is 0 Å². The molecule has 0 saturated carbocycles. The van der Waals surface area contributed by atoms with E-state index in [0.717, 1.165) is 16.6 Å². The minimum Gasteiger partial charge on any atom is -0.508 e. The number of imidazole rings is 1. The number of benzene rings is 2. The molecule has 0 radical (unpaired) electrons. The van der Waals surface area contributed by atoms with Crippen LogP contribution in [0.25, 0.3) is 11.0 Å². The molecular weight excluding hydrogens is 344 g/mol. The molecule has 1 aliphatic heterocycles. The van der Waals surface area contributed by atoms with Crippen molar-refractivity contribution in [2.24, 2.45) is 5.92 Å². The van der Waals surface area contributed by atoms with E-state index in [2.05, 4.69) is 15.3 Å². The first kappa shape index (κ1) is 17.1. The van der Waals surface area contributed by atoms with E-state index < -0.39 is 0 Å². The molecule has 1 saturated heterocycles. The molecule has 4 rings (SSSR count). The maximum absolute atomic E-state index is 12.5. The van der Waals surface area contributed by atoms with E-state index in [9.17, 15) is 14.7 Å². The fourth-order valence-corrected chi connectivity index (χ4v) is 3.35. The maximum Gasteiger partial charge on any atom is 0.229 e. The number of amides is 2. The van der Waals surface area contributed by atoms with Crippen LogP contribution in [0.2, 0.25) is 0 Å². The van der Waals surface area contributed by atoms with Gasteiger partial charge in [-0.15, -0.1) is 0 Å². The summed E-state index contributed by atoms with van der Waals surface area (Å²) in [6, 6.07) is 12.4. The third-order valence-electron chi connectivity index (χ3n) is 4.88. The third kappa shape index (κ3) is 3.76. The van der Waals surface area contributed by atoms with Gasteiger partial charge in [-0.25, -0.2) is 4.98 Å². The summed E-state index contributed by atoms with van der Waals surface area (Å²) in [6.45, 7) is 0.989. The Morgan fingerprint density at radius 3 is 2.89 bits per heavy atom. The van der Waals surface area contributed by atoms with Crippen LogP contribution in [0.3, 0.4) is 0 Å². The summed E-state index contributed by atoms with van der Waals surface area (Å²) >= 11 is 0. The molecule has 7 heteroatoms. The van der Waals surface area contributed by atoms with Gasteiger partial charge < -0.3 is 20.3 Å². The van der Waals surface area contributed by atoms with Crippen molar-refractivity contribution in [2.75, 3.05) is 18.4 Å². The predicted molar refractivity (Wildman–Crippen MR) is 101 cm³/mol. The lowest BCUT2D eigenvalue weighted by Crippen LogP contribution is -2.30. The second-order valence-electron chi connectivity index (χ2n) is 6.78. The highest BCUT2D eigenvalue weighted by molar-refractivity contribution is 5.98. The normalized spacial score (nSPS) is 16.8. The van der Waals surface area contributed by atoms with Gasteiger partial charge in [0.1, 0.15) is 5.75 Å². The van der Waals surface area contributed by atoms with Crippen molar-refractivity contribution in [3.8, 4) is 5.75 Å². The van der Waals surface area contributed by atoms with Gasteiger partial charge in [-0.3, -0.25) is 9.59 Å². The molecular formula is C20H20N4O3. The molecule has 0 unspecified atom stereocenters. The summed E-state index contributed by atoms with van der Waals surface area (Å²) < 4.78 is 0. The van der Waals surface area contributed by atoms with Crippen molar-refractivity contribution >= 4 is 28.5 Å². The second-order valence-corrected chi connectivity index (χ2v) is 6.78. The number of phenolic OH excluding ortho intramolecular Hbond substituents is 1. The Morgan fingerprint density at radius 2 is 2.07 bits per heavy atom. The van der Waals surface area contributed by atoms with E-state index >= 15 is 0 Å². The van der Waals surface area contributed by atoms with Gasteiger partial charge in [0.05, 0.1) is 23.3 Å². The lowest BCUT2D eigenvalue weighted by Gasteiger charge is -2.16. The average Bonchev–Trinajstić information content (AvgIpc) is 3.27. The van der Waals surface area contributed by atoms with Crippen LogP contribution < -0.4 is 5.32 Å². The van der Waals surface area contributed by atoms with Crippen molar-refractivity contribution < 1.29 is 14.7 Å². The summed E-state index contributed by atoms with van der Waals surface area (Å²) in [5, 5.41) is 12.2. The number of H-pyrrole nitrogens is 1. The zero-order chi connectivity index (χ0) is 18.8. The molecule has 1 fully saturated rings. The Hall–Kier alpha value is -3.35. The molecule has 3 aromatic rings. The van der Waals surface area contributed by atoms with Crippen LogP contribution in [0.4, 0.5) is 5.69 Å². The number of rotatable bonds is 5. The van der Waals surface area contributed by atoms with Gasteiger partial charge in [0, 0.05) is 25.2 Å². The Kier molecular flexibility index (Phi) is 4.50. The smallest absolute Gasteiger partial charge is 0.229 e. The van der Waals surface area contributed by atoms with E-state index in [1.165, 1.54) is 0 Å². The molecule has 27 heavy (non-hydrogen) atoms. The summed E-state index contributed by atoms with van der Waals surface area (Å²) in [5.41, 5.74) is 3.42. The minimum atomic E-state index is -0.352. The maximum atomic E-state index is 12.5. The summed E-state index contributed by atoms with van der Waals surface area (Å²) in [6.07, 6.45) is 2.53. The first-order valence-corrected chi connectivity index (χ1v) is 8.88. The van der Waals surface area contributed by atoms with Gasteiger partial charge in [-0.05, 0) is 42.3 Å². The molecule has 2 amide bonds. The molecule has 138 valence electrons. The zero-order valence-electron chi connectivity index (χ0n) is 14.7. The van der Waals surface area contributed by atoms with Gasteiger partial charge in [-0.2, -0.15) is 0 Å². The third-order valence-corrected chi connectivity index (χ3v) is 4.88. The van der Waals surface area contributed by atoms with Crippen molar-refractivity contribution in [1.82, 2.24) is 14.9 Å². The zero-order valence-corrected chi connectivity index (χ0v) is 14.7. The number of anilines is 1. The van der Waals surface area contributed by atoms with Crippen molar-refractivity contribution in [1.29, 1.82) is 0 Å². The molecule has 0 aliphatic carbocycles. The van der Waals surface area contributed by atoms with Crippen molar-refractivity contribution in [3.05, 3.63) is 54.4 Å². The largest absolute Gasteiger partial charge is 0.508 e. The van der Waals surface area contributed by atoms with Crippen LogP contribution >= 0.6 is 0 Å². The Bertz CT molecular complexity index is 980. The number of aromatic hydroxyl groups is 1. The topological polar surface area (TPSA) is 98.3 Å². The molecule has 1 atom stereocenters. The Labute approximate surface area is 156 Å². The Morgan fingerprint density at radius 1 is 1.26 bits per heavy atom. The molecule has 2 heterocycles. The molecule has 1 aliphatic rings. The Balaban J connectivity index is 1.34. The second kappa shape index (κ2) is 7.11. The first-order chi connectivity index (χ1) is 13.1. The predicted octanol–water partition coefficient (Wildman–Crippen LogP) is 2.30. The fourth-order valence-electron chi connectivity index (χ4n) is 3.35. The van der Waals surface area contributed by atoms with Gasteiger partial charge in [0.2, 0.25) is 11.8 Å². The molecule has 3 N–H and O–H groups in total. The highest BCUT2D eigenvalue weighted by Gasteiger charge is 2.34. The standard InChI is InChI=1S/C20H20N4O3/c25-16-4-1-13(2-5-16)7-8-24-11-14(9-19(24)26)20(27)23-15-3-6-17-18(10-15)22-12-21-17/h1-6,10,12,14,25H,7-9,11H2,(H,21,22)(H,23,27)/t14-/m1/s1. The van der Waals surface area contributed by atoms with E-state index in [1.807, 2.05) is 24.3 Å². The number of aromatic nitrogens is 2. The molecule has 1 aromatic heterocycles. The van der Waals surface area contributed by atoms with Crippen LogP contribution in [0.15, 0.2) is 48.8 Å². The van der Waals surface area contributed by atoms with Gasteiger partial charge in [0.15, 0.2) is 0 Å². The minimum absolute atomic E-state index is 0.00190. The monoisotopic (exact) mass is 364 g/mol. The van der Waals surface area contributed by atoms with Crippen LogP contribution in [0, 0.1) is 5.92 Å².